The van der Waals surface area contributed by atoms with E-state index in [1.807, 2.05) is 0 Å². The smallest absolute Gasteiger partial charge is 0.395 e. The van der Waals surface area contributed by atoms with Crippen molar-refractivity contribution in [3.63, 3.8) is 0 Å². The van der Waals surface area contributed by atoms with E-state index in [9.17, 15) is 31.6 Å². The predicted octanol–water partition coefficient (Wildman–Crippen LogP) is 4.50. The Hall–Kier alpha value is -2.78. The largest absolute Gasteiger partial charge is 0.575 e. The van der Waals surface area contributed by atoms with Gasteiger partial charge in [-0.15, -0.1) is 0 Å². The van der Waals surface area contributed by atoms with Crippen LogP contribution in [0, 0.1) is 29.1 Å². The van der Waals surface area contributed by atoms with Gasteiger partial charge in [-0.05, 0) is 31.9 Å². The zero-order chi connectivity index (χ0) is 22.0. The number of hydrogen-bond acceptors (Lipinski definition) is 6. The molecule has 1 saturated carbocycles. The normalized spacial score (nSPS) is 15.0. The lowest BCUT2D eigenvalue weighted by Crippen LogP contribution is -2.19. The van der Waals surface area contributed by atoms with Gasteiger partial charge in [0, 0.05) is 0 Å². The third-order valence-electron chi connectivity index (χ3n) is 3.82. The lowest BCUT2D eigenvalue weighted by Gasteiger charge is -2.11. The van der Waals surface area contributed by atoms with Crippen molar-refractivity contribution < 1.29 is 45.6 Å². The molecule has 0 aromatic heterocycles. The van der Waals surface area contributed by atoms with Crippen LogP contribution in [0.4, 0.5) is 22.0 Å². The van der Waals surface area contributed by atoms with Crippen LogP contribution in [0.3, 0.4) is 0 Å². The van der Waals surface area contributed by atoms with Crippen LogP contribution in [0.5, 0.6) is 17.2 Å². The summed E-state index contributed by atoms with van der Waals surface area (Å²) < 4.78 is 86.0. The standard InChI is InChI=1S/C18H13F5NO5P/c1-8(18(25)27-9-6-7-9)24-30(26)29-11-5-3-2-4-10(11)28-17-15(22)13(20)12(19)14(21)16(17)23/h2-5,8-9H,6-7H2,1H3/t8-/m0/s1. The number of para-hydroxylation sites is 2. The molecule has 0 amide bonds. The quantitative estimate of drug-likeness (QED) is 0.204. The van der Waals surface area contributed by atoms with E-state index in [0.29, 0.717) is 0 Å². The highest BCUT2D eigenvalue weighted by molar-refractivity contribution is 7.34. The molecule has 0 aliphatic heterocycles. The number of carbonyl (C=O) groups is 1. The molecule has 1 aliphatic carbocycles. The van der Waals surface area contributed by atoms with Crippen LogP contribution >= 0.6 is 8.17 Å². The van der Waals surface area contributed by atoms with Crippen LogP contribution in [0.2, 0.25) is 0 Å². The van der Waals surface area contributed by atoms with Crippen LogP contribution in [-0.4, -0.2) is 18.1 Å². The van der Waals surface area contributed by atoms with Gasteiger partial charge >= 0.3 is 14.1 Å². The summed E-state index contributed by atoms with van der Waals surface area (Å²) in [6, 6.07) is 3.82. The maximum Gasteiger partial charge on any atom is 0.395 e. The predicted molar refractivity (Wildman–Crippen MR) is 91.3 cm³/mol. The Balaban J connectivity index is 1.82. The molecule has 3 rings (SSSR count). The van der Waals surface area contributed by atoms with Gasteiger partial charge in [-0.1, -0.05) is 16.9 Å². The molecule has 2 aromatic carbocycles. The third kappa shape index (κ3) is 4.85. The maximum absolute atomic E-state index is 13.8. The van der Waals surface area contributed by atoms with Crippen molar-refractivity contribution in [2.45, 2.75) is 31.9 Å². The third-order valence-corrected chi connectivity index (χ3v) is 4.71. The molecule has 12 heteroatoms. The Morgan fingerprint density at radius 2 is 1.57 bits per heavy atom. The highest BCUT2D eigenvalue weighted by Crippen LogP contribution is 2.39. The van der Waals surface area contributed by atoms with E-state index in [1.54, 1.807) is 0 Å². The molecule has 0 bridgehead atoms. The fraction of sp³-hybridized carbons (Fsp3) is 0.278. The van der Waals surface area contributed by atoms with E-state index < -0.39 is 60.8 Å². The van der Waals surface area contributed by atoms with E-state index in [-0.39, 0.29) is 11.9 Å². The van der Waals surface area contributed by atoms with Crippen LogP contribution in [-0.2, 0) is 9.53 Å². The lowest BCUT2D eigenvalue weighted by atomic mass is 10.2. The van der Waals surface area contributed by atoms with E-state index in [0.717, 1.165) is 25.0 Å². The molecule has 160 valence electrons. The molecule has 0 saturated heterocycles. The van der Waals surface area contributed by atoms with E-state index in [1.165, 1.54) is 19.1 Å². The first kappa shape index (κ1) is 21.9. The van der Waals surface area contributed by atoms with E-state index in [4.69, 9.17) is 14.0 Å². The molecule has 0 spiro atoms. The Morgan fingerprint density at radius 1 is 1.03 bits per heavy atom. The first-order valence-electron chi connectivity index (χ1n) is 8.53. The summed E-state index contributed by atoms with van der Waals surface area (Å²) in [4.78, 5) is 23.8. The minimum atomic E-state index is -2.86. The molecule has 0 N–H and O–H groups in total. The van der Waals surface area contributed by atoms with E-state index in [2.05, 4.69) is 4.74 Å². The van der Waals surface area contributed by atoms with Crippen molar-refractivity contribution in [3.8, 4) is 17.2 Å². The Bertz CT molecular complexity index is 986. The molecule has 1 aliphatic rings. The van der Waals surface area contributed by atoms with Crippen molar-refractivity contribution in [2.24, 2.45) is 4.74 Å². The second-order valence-corrected chi connectivity index (χ2v) is 7.09. The second kappa shape index (κ2) is 8.93. The molecule has 0 heterocycles. The molecule has 6 nitrogen and oxygen atoms in total. The Kier molecular flexibility index (Phi) is 6.52. The first-order chi connectivity index (χ1) is 14.2. The van der Waals surface area contributed by atoms with Gasteiger partial charge in [-0.2, -0.15) is 8.78 Å². The SMILES string of the molecule is C[C@H](N=[P+]([O-])Oc1ccccc1Oc1c(F)c(F)c(F)c(F)c1F)C(=O)OC1CC1. The maximum atomic E-state index is 13.8. The summed E-state index contributed by atoms with van der Waals surface area (Å²) in [5.41, 5.74) is 0. The number of carbonyl (C=O) groups excluding carboxylic acids is 1. The van der Waals surface area contributed by atoms with Gasteiger partial charge in [0.2, 0.25) is 40.6 Å². The average Bonchev–Trinajstić information content (AvgIpc) is 3.53. The average molecular weight is 449 g/mol. The molecule has 1 fully saturated rings. The van der Waals surface area contributed by atoms with Crippen LogP contribution in [0.15, 0.2) is 29.0 Å². The van der Waals surface area contributed by atoms with Gasteiger partial charge in [0.1, 0.15) is 6.10 Å². The van der Waals surface area contributed by atoms with Crippen molar-refractivity contribution in [1.29, 1.82) is 0 Å². The first-order valence-corrected chi connectivity index (χ1v) is 9.66. The summed E-state index contributed by atoms with van der Waals surface area (Å²) in [6.07, 6.45) is 1.30. The van der Waals surface area contributed by atoms with Gasteiger partial charge in [-0.3, -0.25) is 4.52 Å². The zero-order valence-electron chi connectivity index (χ0n) is 15.2. The zero-order valence-corrected chi connectivity index (χ0v) is 16.1. The topological polar surface area (TPSA) is 80.2 Å². The van der Waals surface area contributed by atoms with Gasteiger partial charge in [0.25, 0.3) is 0 Å². The van der Waals surface area contributed by atoms with Crippen LogP contribution in [0.1, 0.15) is 19.8 Å². The molecular weight excluding hydrogens is 436 g/mol. The van der Waals surface area contributed by atoms with Crippen molar-refractivity contribution in [3.05, 3.63) is 53.4 Å². The Morgan fingerprint density at radius 3 is 2.13 bits per heavy atom. The molecule has 0 radical (unpaired) electrons. The number of esters is 1. The summed E-state index contributed by atoms with van der Waals surface area (Å²) in [7, 11) is -2.86. The fourth-order valence-corrected chi connectivity index (χ4v) is 2.88. The lowest BCUT2D eigenvalue weighted by molar-refractivity contribution is -0.169. The molecule has 2 atom stereocenters. The monoisotopic (exact) mass is 449 g/mol. The van der Waals surface area contributed by atoms with Crippen molar-refractivity contribution in [1.82, 2.24) is 0 Å². The number of halogens is 5. The number of rotatable bonds is 7. The van der Waals surface area contributed by atoms with Gasteiger partial charge in [-0.25, -0.2) is 18.0 Å². The highest BCUT2D eigenvalue weighted by atomic mass is 31.1. The molecule has 30 heavy (non-hydrogen) atoms. The number of ether oxygens (including phenoxy) is 2. The Labute approximate surface area is 167 Å². The number of benzene rings is 2. The summed E-state index contributed by atoms with van der Waals surface area (Å²) in [5, 5.41) is 0. The minimum absolute atomic E-state index is 0.177. The number of nitrogens with zero attached hydrogens (tertiary/aromatic N) is 1. The van der Waals surface area contributed by atoms with E-state index >= 15 is 0 Å². The minimum Gasteiger partial charge on any atom is -0.575 e. The van der Waals surface area contributed by atoms with Gasteiger partial charge < -0.3 is 14.4 Å². The van der Waals surface area contributed by atoms with Gasteiger partial charge in [0.05, 0.1) is 0 Å². The number of hydrogen-bond donors (Lipinski definition) is 0. The summed E-state index contributed by atoms with van der Waals surface area (Å²) in [5.74, 6) is -14.2. The fourth-order valence-electron chi connectivity index (χ4n) is 2.14. The van der Waals surface area contributed by atoms with Crippen molar-refractivity contribution >= 4 is 14.1 Å². The highest BCUT2D eigenvalue weighted by Gasteiger charge is 2.30. The summed E-state index contributed by atoms with van der Waals surface area (Å²) in [6.45, 7) is 1.33. The molecule has 1 unspecified atom stereocenters. The van der Waals surface area contributed by atoms with Crippen molar-refractivity contribution in [2.75, 3.05) is 0 Å². The van der Waals surface area contributed by atoms with Crippen LogP contribution < -0.4 is 14.2 Å². The summed E-state index contributed by atoms with van der Waals surface area (Å²) >= 11 is 0. The van der Waals surface area contributed by atoms with Gasteiger partial charge in [0.15, 0.2) is 11.8 Å². The molecular formula is C18H13F5NO5P. The second-order valence-electron chi connectivity index (χ2n) is 6.20. The molecule has 2 aromatic rings. The van der Waals surface area contributed by atoms with Crippen LogP contribution in [0.25, 0.3) is 0 Å².